The molecule has 0 aromatic heterocycles. The van der Waals surface area contributed by atoms with Crippen molar-refractivity contribution in [2.75, 3.05) is 6.61 Å². The first-order valence-electron chi connectivity index (χ1n) is 5.72. The monoisotopic (exact) mass is 205 g/mol. The van der Waals surface area contributed by atoms with Crippen LogP contribution in [0, 0.1) is 20.8 Å². The van der Waals surface area contributed by atoms with E-state index in [4.69, 9.17) is 4.74 Å². The largest absolute Gasteiger partial charge is 0.494 e. The quantitative estimate of drug-likeness (QED) is 0.636. The number of hydrogen-bond acceptors (Lipinski definition) is 1. The fraction of sp³-hybridized carbons (Fsp3) is 0.500. The van der Waals surface area contributed by atoms with Gasteiger partial charge in [-0.15, -0.1) is 0 Å². The van der Waals surface area contributed by atoms with Gasteiger partial charge in [0.05, 0.1) is 6.61 Å². The fourth-order valence-corrected chi connectivity index (χ4v) is 1.66. The third-order valence-electron chi connectivity index (χ3n) is 2.36. The van der Waals surface area contributed by atoms with Crippen molar-refractivity contribution in [1.29, 1.82) is 0 Å². The summed E-state index contributed by atoms with van der Waals surface area (Å²) >= 11 is 0. The Hall–Kier alpha value is -0.980. The molecule has 0 unspecified atom stereocenters. The first-order chi connectivity index (χ1) is 7.22. The van der Waals surface area contributed by atoms with Crippen LogP contribution in [0.1, 0.15) is 36.8 Å². The molecule has 1 heteroatoms. The second kappa shape index (κ2) is 6.49. The van der Waals surface area contributed by atoms with Crippen molar-refractivity contribution < 1.29 is 4.74 Å². The van der Waals surface area contributed by atoms with Crippen LogP contribution in [0.15, 0.2) is 18.2 Å². The Bertz CT molecular complexity index is 271. The van der Waals surface area contributed by atoms with Gasteiger partial charge in [-0.25, -0.2) is 0 Å². The smallest absolute Gasteiger partial charge is 0.119 e. The predicted molar refractivity (Wildman–Crippen MR) is 65.2 cm³/mol. The molecule has 1 rings (SSSR count). The molecule has 0 N–H and O–H groups in total. The zero-order valence-electron chi connectivity index (χ0n) is 9.88. The van der Waals surface area contributed by atoms with Gasteiger partial charge in [0.2, 0.25) is 0 Å². The van der Waals surface area contributed by atoms with Crippen LogP contribution in [0.2, 0.25) is 0 Å². The van der Waals surface area contributed by atoms with Crippen LogP contribution in [0.25, 0.3) is 0 Å². The third-order valence-corrected chi connectivity index (χ3v) is 2.36. The molecule has 1 nitrogen and oxygen atoms in total. The van der Waals surface area contributed by atoms with Crippen molar-refractivity contribution in [1.82, 2.24) is 0 Å². The van der Waals surface area contributed by atoms with Crippen LogP contribution in [0.3, 0.4) is 0 Å². The van der Waals surface area contributed by atoms with Crippen LogP contribution < -0.4 is 4.74 Å². The maximum atomic E-state index is 5.69. The number of hydrogen-bond donors (Lipinski definition) is 0. The fourth-order valence-electron chi connectivity index (χ4n) is 1.66. The second-order valence-corrected chi connectivity index (χ2v) is 4.09. The Balaban J connectivity index is 2.31. The van der Waals surface area contributed by atoms with E-state index in [0.717, 1.165) is 25.2 Å². The summed E-state index contributed by atoms with van der Waals surface area (Å²) in [6.07, 6.45) is 4.58. The summed E-state index contributed by atoms with van der Waals surface area (Å²) in [7, 11) is 0. The molecule has 1 aromatic carbocycles. The van der Waals surface area contributed by atoms with E-state index in [-0.39, 0.29) is 0 Å². The van der Waals surface area contributed by atoms with Gasteiger partial charge in [0, 0.05) is 0 Å². The van der Waals surface area contributed by atoms with Crippen LogP contribution in [-0.4, -0.2) is 6.61 Å². The van der Waals surface area contributed by atoms with Gasteiger partial charge in [0.25, 0.3) is 0 Å². The number of rotatable bonds is 6. The third kappa shape index (κ3) is 4.87. The van der Waals surface area contributed by atoms with Gasteiger partial charge in [-0.05, 0) is 43.5 Å². The van der Waals surface area contributed by atoms with Crippen LogP contribution in [-0.2, 0) is 0 Å². The maximum Gasteiger partial charge on any atom is 0.119 e. The van der Waals surface area contributed by atoms with E-state index in [1.807, 2.05) is 0 Å². The number of benzene rings is 1. The molecule has 0 heterocycles. The van der Waals surface area contributed by atoms with Crippen LogP contribution in [0.5, 0.6) is 5.75 Å². The van der Waals surface area contributed by atoms with E-state index in [2.05, 4.69) is 39.0 Å². The average Bonchev–Trinajstić information content (AvgIpc) is 2.16. The van der Waals surface area contributed by atoms with Gasteiger partial charge in [-0.2, -0.15) is 0 Å². The molecule has 83 valence electrons. The lowest BCUT2D eigenvalue weighted by Crippen LogP contribution is -1.97. The van der Waals surface area contributed by atoms with Gasteiger partial charge in [-0.1, -0.05) is 32.3 Å². The van der Waals surface area contributed by atoms with E-state index in [9.17, 15) is 0 Å². The van der Waals surface area contributed by atoms with E-state index in [0.29, 0.717) is 0 Å². The van der Waals surface area contributed by atoms with Crippen LogP contribution in [0.4, 0.5) is 0 Å². The van der Waals surface area contributed by atoms with Crippen molar-refractivity contribution in [3.8, 4) is 5.75 Å². The summed E-state index contributed by atoms with van der Waals surface area (Å²) in [6, 6.07) is 6.35. The SMILES string of the molecule is [CH2]CCCCCOc1cc(C)cc(C)c1. The predicted octanol–water partition coefficient (Wildman–Crippen LogP) is 4.08. The summed E-state index contributed by atoms with van der Waals surface area (Å²) in [5.41, 5.74) is 2.53. The Morgan fingerprint density at radius 1 is 1.00 bits per heavy atom. The average molecular weight is 205 g/mol. The molecule has 1 aromatic rings. The Morgan fingerprint density at radius 3 is 2.27 bits per heavy atom. The maximum absolute atomic E-state index is 5.69. The van der Waals surface area contributed by atoms with Crippen molar-refractivity contribution >= 4 is 0 Å². The highest BCUT2D eigenvalue weighted by Crippen LogP contribution is 2.16. The highest BCUT2D eigenvalue weighted by molar-refractivity contribution is 5.32. The normalized spacial score (nSPS) is 10.3. The summed E-state index contributed by atoms with van der Waals surface area (Å²) < 4.78 is 5.69. The molecule has 0 aliphatic rings. The zero-order chi connectivity index (χ0) is 11.1. The minimum Gasteiger partial charge on any atom is -0.494 e. The molecule has 0 aliphatic carbocycles. The lowest BCUT2D eigenvalue weighted by atomic mass is 10.1. The summed E-state index contributed by atoms with van der Waals surface area (Å²) in [5.74, 6) is 1.00. The van der Waals surface area contributed by atoms with Gasteiger partial charge in [0.15, 0.2) is 0 Å². The molecule has 0 saturated heterocycles. The van der Waals surface area contributed by atoms with Crippen LogP contribution >= 0.6 is 0 Å². The molecular weight excluding hydrogens is 184 g/mol. The summed E-state index contributed by atoms with van der Waals surface area (Å²) in [5, 5.41) is 0. The Morgan fingerprint density at radius 2 is 1.67 bits per heavy atom. The number of unbranched alkanes of at least 4 members (excludes halogenated alkanes) is 3. The van der Waals surface area contributed by atoms with E-state index in [1.54, 1.807) is 0 Å². The minimum atomic E-state index is 0.822. The Labute approximate surface area is 93.5 Å². The number of ether oxygens (including phenoxy) is 1. The van der Waals surface area contributed by atoms with Gasteiger partial charge in [0.1, 0.15) is 5.75 Å². The molecule has 0 saturated carbocycles. The van der Waals surface area contributed by atoms with E-state index >= 15 is 0 Å². The summed E-state index contributed by atoms with van der Waals surface area (Å²) in [4.78, 5) is 0. The first kappa shape index (κ1) is 12.1. The zero-order valence-corrected chi connectivity index (χ0v) is 9.88. The number of aryl methyl sites for hydroxylation is 2. The van der Waals surface area contributed by atoms with Gasteiger partial charge >= 0.3 is 0 Å². The standard InChI is InChI=1S/C14H21O/c1-4-5-6-7-8-15-14-10-12(2)9-13(3)11-14/h9-11H,1,4-8H2,2-3H3. The van der Waals surface area contributed by atoms with Gasteiger partial charge < -0.3 is 4.74 Å². The van der Waals surface area contributed by atoms with E-state index < -0.39 is 0 Å². The summed E-state index contributed by atoms with van der Waals surface area (Å²) in [6.45, 7) is 8.85. The minimum absolute atomic E-state index is 0.822. The molecule has 1 radical (unpaired) electrons. The second-order valence-electron chi connectivity index (χ2n) is 4.09. The van der Waals surface area contributed by atoms with E-state index in [1.165, 1.54) is 24.0 Å². The molecule has 0 amide bonds. The van der Waals surface area contributed by atoms with Crippen molar-refractivity contribution in [3.05, 3.63) is 36.2 Å². The molecule has 15 heavy (non-hydrogen) atoms. The van der Waals surface area contributed by atoms with Crippen molar-refractivity contribution in [3.63, 3.8) is 0 Å². The lowest BCUT2D eigenvalue weighted by Gasteiger charge is -2.07. The highest BCUT2D eigenvalue weighted by Gasteiger charge is 1.96. The molecule has 0 bridgehead atoms. The topological polar surface area (TPSA) is 9.23 Å². The van der Waals surface area contributed by atoms with Crippen molar-refractivity contribution in [2.24, 2.45) is 0 Å². The molecule has 0 atom stereocenters. The van der Waals surface area contributed by atoms with Gasteiger partial charge in [-0.3, -0.25) is 0 Å². The Kier molecular flexibility index (Phi) is 5.23. The highest BCUT2D eigenvalue weighted by atomic mass is 16.5. The molecule has 0 spiro atoms. The van der Waals surface area contributed by atoms with Crippen molar-refractivity contribution in [2.45, 2.75) is 39.5 Å². The molecular formula is C14H21O. The lowest BCUT2D eigenvalue weighted by molar-refractivity contribution is 0.305. The first-order valence-corrected chi connectivity index (χ1v) is 5.72. The molecule has 0 aliphatic heterocycles. The molecule has 0 fully saturated rings.